The van der Waals surface area contributed by atoms with Crippen LogP contribution >= 0.6 is 0 Å². The molecular weight excluding hydrogens is 439 g/mol. The zero-order valence-electron chi connectivity index (χ0n) is 19.8. The molecule has 0 spiro atoms. The first-order valence-electron chi connectivity index (χ1n) is 10.6. The zero-order valence-corrected chi connectivity index (χ0v) is 19.8. The number of nitrogens with one attached hydrogen (secondary N) is 1. The summed E-state index contributed by atoms with van der Waals surface area (Å²) in [5, 5.41) is 2.66. The Hall–Kier alpha value is -3.94. The van der Waals surface area contributed by atoms with E-state index in [0.717, 1.165) is 0 Å². The normalized spacial score (nSPS) is 11.1. The van der Waals surface area contributed by atoms with Crippen LogP contribution in [0.15, 0.2) is 59.5 Å². The second-order valence-corrected chi connectivity index (χ2v) is 8.76. The first-order chi connectivity index (χ1) is 16.0. The molecule has 8 heteroatoms. The quantitative estimate of drug-likeness (QED) is 0.542. The number of aromatic nitrogens is 1. The molecule has 0 unspecified atom stereocenters. The highest BCUT2D eigenvalue weighted by molar-refractivity contribution is 6.13. The van der Waals surface area contributed by atoms with Crippen molar-refractivity contribution >= 4 is 11.9 Å². The molecule has 1 N–H and O–H groups in total. The molecular formula is C26H27FN2O5. The van der Waals surface area contributed by atoms with Gasteiger partial charge < -0.3 is 19.4 Å². The van der Waals surface area contributed by atoms with Gasteiger partial charge in [-0.3, -0.25) is 9.59 Å². The molecule has 178 valence electrons. The van der Waals surface area contributed by atoms with Gasteiger partial charge in [-0.1, -0.05) is 0 Å². The number of carbonyl (C=O) groups is 2. The lowest BCUT2D eigenvalue weighted by Crippen LogP contribution is -2.32. The molecule has 1 aromatic heterocycles. The van der Waals surface area contributed by atoms with Crippen LogP contribution in [0.2, 0.25) is 0 Å². The highest BCUT2D eigenvalue weighted by Gasteiger charge is 2.21. The third-order valence-electron chi connectivity index (χ3n) is 5.00. The Labute approximate surface area is 197 Å². The van der Waals surface area contributed by atoms with Gasteiger partial charge in [0.1, 0.15) is 17.2 Å². The number of pyridine rings is 1. The predicted molar refractivity (Wildman–Crippen MR) is 127 cm³/mol. The van der Waals surface area contributed by atoms with Gasteiger partial charge in [0, 0.05) is 42.5 Å². The summed E-state index contributed by atoms with van der Waals surface area (Å²) in [5.74, 6) is -0.322. The van der Waals surface area contributed by atoms with Crippen molar-refractivity contribution in [3.8, 4) is 16.9 Å². The van der Waals surface area contributed by atoms with Crippen molar-refractivity contribution < 1.29 is 23.5 Å². The van der Waals surface area contributed by atoms with Crippen LogP contribution in [-0.4, -0.2) is 29.2 Å². The van der Waals surface area contributed by atoms with Crippen molar-refractivity contribution in [2.45, 2.75) is 32.9 Å². The summed E-state index contributed by atoms with van der Waals surface area (Å²) in [4.78, 5) is 37.9. The number of nitrogens with zero attached hydrogens (tertiary/aromatic N) is 1. The highest BCUT2D eigenvalue weighted by atomic mass is 19.1. The summed E-state index contributed by atoms with van der Waals surface area (Å²) in [6.07, 6.45) is 0.981. The molecule has 0 aliphatic carbocycles. The standard InChI is InChI=1S/C26H27FN2O5/c1-26(2,3)34-25(32)28-14-17-12-23(30)29(4)15-22(17)20-11-10-19(33-5)13-21(20)24(31)16-6-8-18(27)9-7-16/h6-13,15H,14H2,1-5H3,(H,28,32). The van der Waals surface area contributed by atoms with Crippen molar-refractivity contribution in [1.29, 1.82) is 0 Å². The molecule has 3 aromatic rings. The fraction of sp³-hybridized carbons (Fsp3) is 0.269. The van der Waals surface area contributed by atoms with E-state index in [1.165, 1.54) is 42.0 Å². The molecule has 0 saturated carbocycles. The number of carbonyl (C=O) groups excluding carboxylic acids is 2. The van der Waals surface area contributed by atoms with Crippen molar-refractivity contribution in [2.24, 2.45) is 7.05 Å². The highest BCUT2D eigenvalue weighted by Crippen LogP contribution is 2.31. The fourth-order valence-electron chi connectivity index (χ4n) is 3.37. The van der Waals surface area contributed by atoms with Crippen LogP contribution in [0.1, 0.15) is 42.3 Å². The summed E-state index contributed by atoms with van der Waals surface area (Å²) in [6.45, 7) is 5.26. The van der Waals surface area contributed by atoms with Crippen LogP contribution in [0.4, 0.5) is 9.18 Å². The number of hydrogen-bond donors (Lipinski definition) is 1. The lowest BCUT2D eigenvalue weighted by Gasteiger charge is -2.20. The molecule has 2 aromatic carbocycles. The average Bonchev–Trinajstić information content (AvgIpc) is 2.78. The van der Waals surface area contributed by atoms with Crippen LogP contribution in [0.5, 0.6) is 5.75 Å². The Kier molecular flexibility index (Phi) is 7.20. The molecule has 1 heterocycles. The molecule has 0 saturated heterocycles. The molecule has 0 radical (unpaired) electrons. The van der Waals surface area contributed by atoms with E-state index in [9.17, 15) is 18.8 Å². The summed E-state index contributed by atoms with van der Waals surface area (Å²) < 4.78 is 25.4. The van der Waals surface area contributed by atoms with Crippen LogP contribution in [0.25, 0.3) is 11.1 Å². The summed E-state index contributed by atoms with van der Waals surface area (Å²) in [6, 6.07) is 11.7. The van der Waals surface area contributed by atoms with Gasteiger partial charge in [0.05, 0.1) is 7.11 Å². The largest absolute Gasteiger partial charge is 0.497 e. The topological polar surface area (TPSA) is 86.6 Å². The zero-order chi connectivity index (χ0) is 25.0. The number of methoxy groups -OCH3 is 1. The van der Waals surface area contributed by atoms with Gasteiger partial charge in [0.15, 0.2) is 5.78 Å². The van der Waals surface area contributed by atoms with Gasteiger partial charge in [0.25, 0.3) is 5.56 Å². The van der Waals surface area contributed by atoms with Crippen molar-refractivity contribution in [3.63, 3.8) is 0 Å². The Balaban J connectivity index is 2.09. The van der Waals surface area contributed by atoms with Crippen molar-refractivity contribution in [2.75, 3.05) is 7.11 Å². The van der Waals surface area contributed by atoms with Crippen molar-refractivity contribution in [3.05, 3.63) is 87.6 Å². The van der Waals surface area contributed by atoms with Crippen molar-refractivity contribution in [1.82, 2.24) is 9.88 Å². The minimum absolute atomic E-state index is 0.0105. The first kappa shape index (κ1) is 24.7. The van der Waals surface area contributed by atoms with Gasteiger partial charge >= 0.3 is 6.09 Å². The fourth-order valence-corrected chi connectivity index (χ4v) is 3.37. The second kappa shape index (κ2) is 9.91. The van der Waals surface area contributed by atoms with E-state index in [2.05, 4.69) is 5.32 Å². The third kappa shape index (κ3) is 5.89. The maximum Gasteiger partial charge on any atom is 0.407 e. The van der Waals surface area contributed by atoms with Crippen LogP contribution in [0.3, 0.4) is 0 Å². The Morgan fingerprint density at radius 3 is 2.32 bits per heavy atom. The maximum atomic E-state index is 13.4. The number of alkyl carbamates (subject to hydrolysis) is 1. The maximum absolute atomic E-state index is 13.4. The molecule has 0 fully saturated rings. The van der Waals surface area contributed by atoms with Crippen LogP contribution in [-0.2, 0) is 18.3 Å². The molecule has 7 nitrogen and oxygen atoms in total. The second-order valence-electron chi connectivity index (χ2n) is 8.76. The molecule has 0 atom stereocenters. The van der Waals surface area contributed by atoms with E-state index in [-0.39, 0.29) is 17.9 Å². The lowest BCUT2D eigenvalue weighted by molar-refractivity contribution is 0.0523. The Morgan fingerprint density at radius 1 is 1.03 bits per heavy atom. The summed E-state index contributed by atoms with van der Waals surface area (Å²) in [5.41, 5.74) is 1.27. The van der Waals surface area contributed by atoms with Gasteiger partial charge in [-0.25, -0.2) is 9.18 Å². The number of rotatable bonds is 6. The molecule has 0 bridgehead atoms. The number of aryl methyl sites for hydroxylation is 1. The predicted octanol–water partition coefficient (Wildman–Crippen LogP) is 4.46. The van der Waals surface area contributed by atoms with Gasteiger partial charge in [-0.2, -0.15) is 0 Å². The molecule has 0 aliphatic rings. The Morgan fingerprint density at radius 2 is 1.71 bits per heavy atom. The minimum atomic E-state index is -0.676. The first-order valence-corrected chi connectivity index (χ1v) is 10.6. The Bertz CT molecular complexity index is 1270. The third-order valence-corrected chi connectivity index (χ3v) is 5.00. The molecule has 34 heavy (non-hydrogen) atoms. The molecule has 1 amide bonds. The van der Waals surface area contributed by atoms with E-state index < -0.39 is 17.5 Å². The summed E-state index contributed by atoms with van der Waals surface area (Å²) >= 11 is 0. The monoisotopic (exact) mass is 466 g/mol. The van der Waals surface area contributed by atoms with Gasteiger partial charge in [-0.15, -0.1) is 0 Å². The van der Waals surface area contributed by atoms with Gasteiger partial charge in [-0.05, 0) is 74.4 Å². The number of benzene rings is 2. The summed E-state index contributed by atoms with van der Waals surface area (Å²) in [7, 11) is 3.09. The number of hydrogen-bond acceptors (Lipinski definition) is 5. The van der Waals surface area contributed by atoms with Crippen LogP contribution < -0.4 is 15.6 Å². The number of ether oxygens (including phenoxy) is 2. The lowest BCUT2D eigenvalue weighted by atomic mass is 9.92. The number of amides is 1. The van der Waals surface area contributed by atoms with E-state index in [1.807, 2.05) is 0 Å². The molecule has 3 rings (SSSR count). The van der Waals surface area contributed by atoms with Gasteiger partial charge in [0.2, 0.25) is 0 Å². The average molecular weight is 467 g/mol. The van der Waals surface area contributed by atoms with E-state index >= 15 is 0 Å². The van der Waals surface area contributed by atoms with E-state index in [1.54, 1.807) is 52.2 Å². The van der Waals surface area contributed by atoms with Crippen LogP contribution in [0, 0.1) is 5.82 Å². The SMILES string of the molecule is COc1ccc(-c2cn(C)c(=O)cc2CNC(=O)OC(C)(C)C)c(C(=O)c2ccc(F)cc2)c1. The molecule has 0 aliphatic heterocycles. The minimum Gasteiger partial charge on any atom is -0.497 e. The van der Waals surface area contributed by atoms with E-state index in [4.69, 9.17) is 9.47 Å². The smallest absolute Gasteiger partial charge is 0.407 e. The number of ketones is 1. The van der Waals surface area contributed by atoms with E-state index in [0.29, 0.717) is 33.6 Å². The number of halogens is 1.